The number of hydrogen-bond acceptors (Lipinski definition) is 6. The first-order valence-electron chi connectivity index (χ1n) is 8.83. The summed E-state index contributed by atoms with van der Waals surface area (Å²) in [6.45, 7) is 0. The lowest BCUT2D eigenvalue weighted by Crippen LogP contribution is -2.23. The molecule has 0 radical (unpaired) electrons. The van der Waals surface area contributed by atoms with E-state index in [2.05, 4.69) is 0 Å². The molecule has 0 spiro atoms. The number of carbonyl (C=O) groups excluding carboxylic acids is 2. The van der Waals surface area contributed by atoms with Gasteiger partial charge in [0, 0.05) is 10.0 Å². The summed E-state index contributed by atoms with van der Waals surface area (Å²) in [6.07, 6.45) is -0.221. The van der Waals surface area contributed by atoms with Crippen LogP contribution in [0.3, 0.4) is 0 Å². The van der Waals surface area contributed by atoms with Crippen molar-refractivity contribution in [2.45, 2.75) is 12.8 Å². The van der Waals surface area contributed by atoms with Gasteiger partial charge in [-0.1, -0.05) is 23.2 Å². The zero-order valence-electron chi connectivity index (χ0n) is 15.2. The van der Waals surface area contributed by atoms with Crippen LogP contribution in [0.2, 0.25) is 10.0 Å². The molecule has 3 rings (SSSR count). The molecule has 6 nitrogen and oxygen atoms in total. The maximum absolute atomic E-state index is 12.2. The van der Waals surface area contributed by atoms with E-state index in [0.29, 0.717) is 21.5 Å². The quantitative estimate of drug-likeness (QED) is 0.483. The van der Waals surface area contributed by atoms with Gasteiger partial charge in [0.25, 0.3) is 0 Å². The lowest BCUT2D eigenvalue weighted by atomic mass is 9.90. The number of ether oxygens (including phenoxy) is 2. The average Bonchev–Trinajstić information content (AvgIpc) is 2.91. The zero-order valence-corrected chi connectivity index (χ0v) is 17.5. The van der Waals surface area contributed by atoms with E-state index in [9.17, 15) is 18.0 Å². The maximum Gasteiger partial charge on any atom is 0.311 e. The molecule has 0 aliphatic carbocycles. The molecule has 0 saturated carbocycles. The first-order chi connectivity index (χ1) is 13.7. The second kappa shape index (κ2) is 9.15. The van der Waals surface area contributed by atoms with Gasteiger partial charge < -0.3 is 9.47 Å². The molecule has 154 valence electrons. The van der Waals surface area contributed by atoms with Crippen LogP contribution in [0, 0.1) is 11.8 Å². The number of carbonyl (C=O) groups is 2. The molecular formula is C20H18Cl2O6S. The molecule has 0 aromatic heterocycles. The lowest BCUT2D eigenvalue weighted by Gasteiger charge is -2.16. The van der Waals surface area contributed by atoms with Gasteiger partial charge in [0.2, 0.25) is 0 Å². The van der Waals surface area contributed by atoms with Gasteiger partial charge in [-0.3, -0.25) is 9.59 Å². The summed E-state index contributed by atoms with van der Waals surface area (Å²) in [5.41, 5.74) is 0. The first-order valence-corrected chi connectivity index (χ1v) is 11.4. The minimum Gasteiger partial charge on any atom is -0.427 e. The van der Waals surface area contributed by atoms with E-state index < -0.39 is 33.6 Å². The Morgan fingerprint density at radius 2 is 1.10 bits per heavy atom. The largest absolute Gasteiger partial charge is 0.427 e. The molecule has 1 fully saturated rings. The second-order valence-corrected chi connectivity index (χ2v) is 9.89. The monoisotopic (exact) mass is 456 g/mol. The van der Waals surface area contributed by atoms with Gasteiger partial charge in [0.05, 0.1) is 24.3 Å². The molecule has 2 aromatic carbocycles. The van der Waals surface area contributed by atoms with Crippen molar-refractivity contribution in [2.75, 3.05) is 11.5 Å². The third kappa shape index (κ3) is 6.45. The van der Waals surface area contributed by atoms with Crippen LogP contribution < -0.4 is 9.47 Å². The Morgan fingerprint density at radius 1 is 0.759 bits per heavy atom. The van der Waals surface area contributed by atoms with E-state index in [-0.39, 0.29) is 24.3 Å². The van der Waals surface area contributed by atoms with Crippen LogP contribution in [0.1, 0.15) is 12.8 Å². The molecule has 2 atom stereocenters. The van der Waals surface area contributed by atoms with Crippen LogP contribution in [0.5, 0.6) is 11.5 Å². The summed E-state index contributed by atoms with van der Waals surface area (Å²) in [7, 11) is -3.34. The molecule has 1 saturated heterocycles. The van der Waals surface area contributed by atoms with E-state index in [4.69, 9.17) is 32.7 Å². The van der Waals surface area contributed by atoms with Gasteiger partial charge in [0.15, 0.2) is 9.84 Å². The molecule has 9 heteroatoms. The number of rotatable bonds is 6. The Kier molecular flexibility index (Phi) is 6.82. The van der Waals surface area contributed by atoms with Crippen molar-refractivity contribution in [2.24, 2.45) is 11.8 Å². The smallest absolute Gasteiger partial charge is 0.311 e. The normalized spacial score (nSPS) is 20.2. The van der Waals surface area contributed by atoms with E-state index in [1.54, 1.807) is 48.5 Å². The van der Waals surface area contributed by atoms with Crippen molar-refractivity contribution in [3.05, 3.63) is 58.6 Å². The topological polar surface area (TPSA) is 86.7 Å². The van der Waals surface area contributed by atoms with E-state index in [1.807, 2.05) is 0 Å². The molecule has 1 heterocycles. The number of sulfone groups is 1. The molecular weight excluding hydrogens is 439 g/mol. The Bertz CT molecular complexity index is 911. The molecule has 0 unspecified atom stereocenters. The van der Waals surface area contributed by atoms with Crippen molar-refractivity contribution < 1.29 is 27.5 Å². The average molecular weight is 457 g/mol. The van der Waals surface area contributed by atoms with Gasteiger partial charge in [-0.2, -0.15) is 0 Å². The van der Waals surface area contributed by atoms with Crippen LogP contribution in [-0.2, 0) is 19.4 Å². The fraction of sp³-hybridized carbons (Fsp3) is 0.300. The predicted molar refractivity (Wildman–Crippen MR) is 109 cm³/mol. The van der Waals surface area contributed by atoms with Crippen molar-refractivity contribution >= 4 is 45.0 Å². The van der Waals surface area contributed by atoms with E-state index in [1.165, 1.54) is 0 Å². The van der Waals surface area contributed by atoms with Crippen LogP contribution in [0.15, 0.2) is 48.5 Å². The number of esters is 2. The van der Waals surface area contributed by atoms with Crippen molar-refractivity contribution in [3.63, 3.8) is 0 Å². The van der Waals surface area contributed by atoms with Gasteiger partial charge in [0.1, 0.15) is 11.5 Å². The molecule has 0 amide bonds. The van der Waals surface area contributed by atoms with Gasteiger partial charge in [-0.05, 0) is 60.4 Å². The van der Waals surface area contributed by atoms with Crippen LogP contribution in [-0.4, -0.2) is 31.9 Å². The molecule has 0 bridgehead atoms. The summed E-state index contributed by atoms with van der Waals surface area (Å²) >= 11 is 11.6. The lowest BCUT2D eigenvalue weighted by molar-refractivity contribution is -0.138. The molecule has 2 aromatic rings. The Balaban J connectivity index is 1.60. The van der Waals surface area contributed by atoms with Gasteiger partial charge in [-0.25, -0.2) is 8.42 Å². The maximum atomic E-state index is 12.2. The molecule has 1 aliphatic heterocycles. The number of benzene rings is 2. The van der Waals surface area contributed by atoms with Crippen molar-refractivity contribution in [3.8, 4) is 11.5 Å². The molecule has 1 aliphatic rings. The highest BCUT2D eigenvalue weighted by molar-refractivity contribution is 7.91. The highest BCUT2D eigenvalue weighted by Crippen LogP contribution is 2.32. The Hall–Kier alpha value is -2.09. The Labute approximate surface area is 178 Å². The van der Waals surface area contributed by atoms with E-state index in [0.717, 1.165) is 0 Å². The molecule has 0 N–H and O–H groups in total. The summed E-state index contributed by atoms with van der Waals surface area (Å²) in [5.74, 6) is -1.85. The highest BCUT2D eigenvalue weighted by atomic mass is 35.5. The first kappa shape index (κ1) is 21.6. The standard InChI is InChI=1S/C20H18Cl2O6S/c21-15-1-5-17(6-2-15)27-19(23)9-13-11-29(25,26)12-14(13)10-20(24)28-18-7-3-16(22)4-8-18/h1-8,13-14H,9-12H2/t13-,14+. The highest BCUT2D eigenvalue weighted by Gasteiger charge is 2.40. The van der Waals surface area contributed by atoms with Gasteiger partial charge >= 0.3 is 11.9 Å². The Morgan fingerprint density at radius 3 is 1.45 bits per heavy atom. The minimum atomic E-state index is -3.34. The second-order valence-electron chi connectivity index (χ2n) is 6.86. The summed E-state index contributed by atoms with van der Waals surface area (Å²) in [5, 5.41) is 1.01. The number of hydrogen-bond donors (Lipinski definition) is 0. The number of halogens is 2. The van der Waals surface area contributed by atoms with Crippen LogP contribution >= 0.6 is 23.2 Å². The van der Waals surface area contributed by atoms with Crippen molar-refractivity contribution in [1.29, 1.82) is 0 Å². The third-order valence-electron chi connectivity index (χ3n) is 4.55. The van der Waals surface area contributed by atoms with Crippen molar-refractivity contribution in [1.82, 2.24) is 0 Å². The fourth-order valence-corrected chi connectivity index (χ4v) is 5.70. The van der Waals surface area contributed by atoms with Crippen LogP contribution in [0.4, 0.5) is 0 Å². The SMILES string of the molecule is O=C(C[C@@H]1CS(=O)(=O)C[C@@H]1CC(=O)Oc1ccc(Cl)cc1)Oc1ccc(Cl)cc1. The molecule has 29 heavy (non-hydrogen) atoms. The summed E-state index contributed by atoms with van der Waals surface area (Å²) < 4.78 is 34.6. The van der Waals surface area contributed by atoms with Crippen LogP contribution in [0.25, 0.3) is 0 Å². The third-order valence-corrected chi connectivity index (χ3v) is 6.93. The minimum absolute atomic E-state index is 0.110. The fourth-order valence-electron chi connectivity index (χ4n) is 3.22. The summed E-state index contributed by atoms with van der Waals surface area (Å²) in [4.78, 5) is 24.5. The summed E-state index contributed by atoms with van der Waals surface area (Å²) in [6, 6.07) is 12.5. The van der Waals surface area contributed by atoms with Gasteiger partial charge in [-0.15, -0.1) is 0 Å². The predicted octanol–water partition coefficient (Wildman–Crippen LogP) is 3.95. The van der Waals surface area contributed by atoms with E-state index >= 15 is 0 Å². The zero-order chi connectivity index (χ0) is 21.0.